The Labute approximate surface area is 206 Å². The van der Waals surface area contributed by atoms with E-state index in [0.29, 0.717) is 16.4 Å². The lowest BCUT2D eigenvalue weighted by molar-refractivity contribution is -0.116. The van der Waals surface area contributed by atoms with Gasteiger partial charge in [-0.1, -0.05) is 0 Å². The molecule has 0 atom stereocenters. The van der Waals surface area contributed by atoms with Crippen LogP contribution < -0.4 is 20.4 Å². The van der Waals surface area contributed by atoms with Crippen LogP contribution in [0, 0.1) is 11.6 Å². The first-order chi connectivity index (χ1) is 16.9. The molecule has 0 spiro atoms. The van der Waals surface area contributed by atoms with Gasteiger partial charge in [-0.2, -0.15) is 0 Å². The summed E-state index contributed by atoms with van der Waals surface area (Å²) < 4.78 is 29.8. The van der Waals surface area contributed by atoms with Crippen molar-refractivity contribution in [2.75, 3.05) is 47.0 Å². The number of rotatable bonds is 5. The van der Waals surface area contributed by atoms with Crippen LogP contribution in [-0.4, -0.2) is 58.8 Å². The monoisotopic (exact) mass is 497 g/mol. The average molecular weight is 498 g/mol. The molecule has 2 aliphatic heterocycles. The van der Waals surface area contributed by atoms with Crippen molar-refractivity contribution in [1.82, 2.24) is 20.3 Å². The molecule has 4 heterocycles. The van der Waals surface area contributed by atoms with Crippen LogP contribution in [0.3, 0.4) is 0 Å². The van der Waals surface area contributed by atoms with Gasteiger partial charge < -0.3 is 20.4 Å². The summed E-state index contributed by atoms with van der Waals surface area (Å²) in [5.41, 5.74) is 1.61. The van der Waals surface area contributed by atoms with E-state index >= 15 is 0 Å². The zero-order valence-corrected chi connectivity index (χ0v) is 20.2. The third-order valence-electron chi connectivity index (χ3n) is 5.90. The van der Waals surface area contributed by atoms with Crippen molar-refractivity contribution in [3.63, 3.8) is 0 Å². The molecule has 5 rings (SSSR count). The Hall–Kier alpha value is -3.31. The number of fused-ring (bicyclic) bond motifs is 1. The summed E-state index contributed by atoms with van der Waals surface area (Å²) in [6, 6.07) is 6.46. The summed E-state index contributed by atoms with van der Waals surface area (Å²) in [4.78, 5) is 29.4. The minimum atomic E-state index is -0.692. The predicted molar refractivity (Wildman–Crippen MR) is 133 cm³/mol. The number of thioether (sulfide) groups is 1. The van der Waals surface area contributed by atoms with Gasteiger partial charge in [-0.3, -0.25) is 4.79 Å². The fraction of sp³-hybridized carbons (Fsp3) is 0.333. The molecular formula is C24H25F2N7OS. The number of nitrogens with one attached hydrogen (secondary N) is 2. The van der Waals surface area contributed by atoms with Crippen LogP contribution in [0.5, 0.6) is 0 Å². The van der Waals surface area contributed by atoms with E-state index in [1.54, 1.807) is 17.2 Å². The number of anilines is 4. The quantitative estimate of drug-likeness (QED) is 0.550. The van der Waals surface area contributed by atoms with Crippen LogP contribution in [0.1, 0.15) is 13.8 Å². The number of hydrogen-bond acceptors (Lipinski definition) is 8. The Balaban J connectivity index is 1.43. The van der Waals surface area contributed by atoms with Crippen LogP contribution in [-0.2, 0) is 4.79 Å². The highest BCUT2D eigenvalue weighted by atomic mass is 32.2. The summed E-state index contributed by atoms with van der Waals surface area (Å²) in [7, 11) is 0. The van der Waals surface area contributed by atoms with Crippen molar-refractivity contribution in [3.05, 3.63) is 48.3 Å². The zero-order chi connectivity index (χ0) is 24.5. The second-order valence-corrected chi connectivity index (χ2v) is 9.59. The van der Waals surface area contributed by atoms with Gasteiger partial charge in [-0.15, -0.1) is 11.8 Å². The fourth-order valence-electron chi connectivity index (χ4n) is 4.26. The van der Waals surface area contributed by atoms with E-state index in [0.717, 1.165) is 49.8 Å². The molecule has 11 heteroatoms. The predicted octanol–water partition coefficient (Wildman–Crippen LogP) is 3.82. The molecule has 0 bridgehead atoms. The van der Waals surface area contributed by atoms with Gasteiger partial charge in [0.15, 0.2) is 5.82 Å². The van der Waals surface area contributed by atoms with Crippen LogP contribution >= 0.6 is 11.8 Å². The molecule has 2 aliphatic rings. The highest BCUT2D eigenvalue weighted by Crippen LogP contribution is 2.41. The smallest absolute Gasteiger partial charge is 0.237 e. The fourth-order valence-corrected chi connectivity index (χ4v) is 5.16. The Morgan fingerprint density at radius 2 is 1.89 bits per heavy atom. The third kappa shape index (κ3) is 4.78. The number of piperazine rings is 1. The van der Waals surface area contributed by atoms with Gasteiger partial charge in [0.25, 0.3) is 0 Å². The molecule has 0 aliphatic carbocycles. The van der Waals surface area contributed by atoms with Crippen LogP contribution in [0.4, 0.5) is 31.9 Å². The lowest BCUT2D eigenvalue weighted by Crippen LogP contribution is -2.43. The summed E-state index contributed by atoms with van der Waals surface area (Å²) >= 11 is 1.15. The third-order valence-corrected chi connectivity index (χ3v) is 6.98. The number of halogens is 2. The first-order valence-electron chi connectivity index (χ1n) is 11.4. The van der Waals surface area contributed by atoms with E-state index in [-0.39, 0.29) is 34.9 Å². The standard InChI is InChI=1S/C24H25F2N7OS/c1-14(2)33-19-10-15(9-17(25)23(19)35-13-21(33)34)22-18(26)12-29-24(31-22)30-20-4-3-16(11-28-20)32-7-5-27-6-8-32/h3-4,9-12,14,27H,5-8,13H2,1-2H3,(H,28,29,30,31). The van der Waals surface area contributed by atoms with Crippen molar-refractivity contribution in [2.45, 2.75) is 24.8 Å². The summed E-state index contributed by atoms with van der Waals surface area (Å²) in [6.45, 7) is 7.39. The van der Waals surface area contributed by atoms with Crippen LogP contribution in [0.15, 0.2) is 41.6 Å². The number of hydrogen-bond donors (Lipinski definition) is 2. The minimum absolute atomic E-state index is 0.0617. The molecule has 182 valence electrons. The normalized spacial score (nSPS) is 16.0. The van der Waals surface area contributed by atoms with Crippen molar-refractivity contribution in [1.29, 1.82) is 0 Å². The van der Waals surface area contributed by atoms with E-state index in [2.05, 4.69) is 30.5 Å². The molecular weight excluding hydrogens is 472 g/mol. The Bertz CT molecular complexity index is 1250. The number of carbonyl (C=O) groups excluding carboxylic acids is 1. The number of nitrogens with zero attached hydrogens (tertiary/aromatic N) is 5. The molecule has 8 nitrogen and oxygen atoms in total. The molecule has 2 N–H and O–H groups in total. The van der Waals surface area contributed by atoms with Gasteiger partial charge >= 0.3 is 0 Å². The van der Waals surface area contributed by atoms with Gasteiger partial charge in [0.05, 0.1) is 34.4 Å². The van der Waals surface area contributed by atoms with Gasteiger partial charge in [0, 0.05) is 37.8 Å². The number of amides is 1. The highest BCUT2D eigenvalue weighted by Gasteiger charge is 2.30. The second-order valence-electron chi connectivity index (χ2n) is 8.61. The largest absolute Gasteiger partial charge is 0.368 e. The highest BCUT2D eigenvalue weighted by molar-refractivity contribution is 8.00. The molecule has 2 aromatic heterocycles. The average Bonchev–Trinajstić information content (AvgIpc) is 2.85. The van der Waals surface area contributed by atoms with Gasteiger partial charge in [-0.25, -0.2) is 23.7 Å². The number of aromatic nitrogens is 3. The molecule has 1 fully saturated rings. The molecule has 3 aromatic rings. The molecule has 1 amide bonds. The zero-order valence-electron chi connectivity index (χ0n) is 19.4. The maximum atomic E-state index is 15.0. The second kappa shape index (κ2) is 9.74. The van der Waals surface area contributed by atoms with E-state index < -0.39 is 11.6 Å². The molecule has 1 aromatic carbocycles. The first kappa shape index (κ1) is 23.4. The Morgan fingerprint density at radius 3 is 2.60 bits per heavy atom. The maximum absolute atomic E-state index is 15.0. The maximum Gasteiger partial charge on any atom is 0.237 e. The number of benzene rings is 1. The topological polar surface area (TPSA) is 86.3 Å². The molecule has 0 radical (unpaired) electrons. The van der Waals surface area contributed by atoms with Crippen LogP contribution in [0.2, 0.25) is 0 Å². The van der Waals surface area contributed by atoms with Crippen molar-refractivity contribution in [3.8, 4) is 11.3 Å². The molecule has 1 saturated heterocycles. The number of carbonyl (C=O) groups is 1. The Morgan fingerprint density at radius 1 is 1.09 bits per heavy atom. The molecule has 35 heavy (non-hydrogen) atoms. The molecule has 0 unspecified atom stereocenters. The summed E-state index contributed by atoms with van der Waals surface area (Å²) in [6.07, 6.45) is 2.81. The first-order valence-corrected chi connectivity index (χ1v) is 12.4. The molecule has 0 saturated carbocycles. The van der Waals surface area contributed by atoms with Crippen molar-refractivity contribution >= 4 is 40.8 Å². The van der Waals surface area contributed by atoms with Crippen molar-refractivity contribution < 1.29 is 13.6 Å². The van der Waals surface area contributed by atoms with Gasteiger partial charge in [0.2, 0.25) is 11.9 Å². The Kier molecular flexibility index (Phi) is 6.52. The minimum Gasteiger partial charge on any atom is -0.368 e. The lowest BCUT2D eigenvalue weighted by atomic mass is 10.1. The van der Waals surface area contributed by atoms with Crippen molar-refractivity contribution in [2.24, 2.45) is 0 Å². The van der Waals surface area contributed by atoms with Gasteiger partial charge in [0.1, 0.15) is 17.3 Å². The summed E-state index contributed by atoms with van der Waals surface area (Å²) in [5, 5.41) is 6.31. The summed E-state index contributed by atoms with van der Waals surface area (Å²) in [5.74, 6) is -0.520. The van der Waals surface area contributed by atoms with E-state index in [1.807, 2.05) is 26.0 Å². The van der Waals surface area contributed by atoms with E-state index in [4.69, 9.17) is 0 Å². The van der Waals surface area contributed by atoms with Crippen LogP contribution in [0.25, 0.3) is 11.3 Å². The lowest BCUT2D eigenvalue weighted by Gasteiger charge is -2.32. The van der Waals surface area contributed by atoms with E-state index in [9.17, 15) is 13.6 Å². The van der Waals surface area contributed by atoms with E-state index in [1.165, 1.54) is 6.07 Å². The number of pyridine rings is 1. The SMILES string of the molecule is CC(C)N1C(=O)CSc2c(F)cc(-c3nc(Nc4ccc(N5CCNCC5)cn4)ncc3F)cc21. The van der Waals surface area contributed by atoms with Gasteiger partial charge in [-0.05, 0) is 38.1 Å².